The average Bonchev–Trinajstić information content (AvgIpc) is 2.02. The second-order valence-electron chi connectivity index (χ2n) is 2.25. The lowest BCUT2D eigenvalue weighted by Gasteiger charge is -2.16. The number of halogens is 2. The van der Waals surface area contributed by atoms with Crippen LogP contribution in [-0.2, 0) is 4.79 Å². The first kappa shape index (κ1) is 11.8. The quantitative estimate of drug-likeness (QED) is 0.754. The predicted molar refractivity (Wildman–Crippen MR) is 49.5 cm³/mol. The summed E-state index contributed by atoms with van der Waals surface area (Å²) in [5, 5.41) is 8.91. The maximum Gasteiger partial charge on any atom is 0.317 e. The Morgan fingerprint density at radius 2 is 2.17 bits per heavy atom. The number of carboxylic acid groups (broad SMARTS) is 1. The van der Waals surface area contributed by atoms with E-state index in [1.54, 1.807) is 4.90 Å². The van der Waals surface area contributed by atoms with Crippen molar-refractivity contribution in [1.82, 2.24) is 4.90 Å². The van der Waals surface area contributed by atoms with Gasteiger partial charge < -0.3 is 5.11 Å². The Bertz CT molecular complexity index is 182. The van der Waals surface area contributed by atoms with Gasteiger partial charge in [-0.1, -0.05) is 30.1 Å². The fourth-order valence-corrected chi connectivity index (χ4v) is 0.957. The van der Waals surface area contributed by atoms with Gasteiger partial charge in [0.25, 0.3) is 0 Å². The predicted octanol–water partition coefficient (Wildman–Crippen LogP) is 1.71. The molecular formula is C7H11Cl2NO2. The lowest BCUT2D eigenvalue weighted by Crippen LogP contribution is -2.30. The van der Waals surface area contributed by atoms with Crippen LogP contribution in [0.2, 0.25) is 0 Å². The molecule has 5 heteroatoms. The van der Waals surface area contributed by atoms with Gasteiger partial charge in [0.05, 0.1) is 6.54 Å². The van der Waals surface area contributed by atoms with Crippen molar-refractivity contribution in [3.05, 3.63) is 10.6 Å². The summed E-state index contributed by atoms with van der Waals surface area (Å²) in [5.74, 6) is -0.865. The zero-order chi connectivity index (χ0) is 9.56. The molecule has 0 aromatic carbocycles. The van der Waals surface area contributed by atoms with Crippen molar-refractivity contribution in [1.29, 1.82) is 0 Å². The van der Waals surface area contributed by atoms with Crippen molar-refractivity contribution in [2.75, 3.05) is 19.6 Å². The molecule has 1 N–H and O–H groups in total. The second-order valence-corrected chi connectivity index (χ2v) is 2.96. The minimum absolute atomic E-state index is 0.0164. The number of nitrogens with zero attached hydrogens (tertiary/aromatic N) is 1. The molecule has 12 heavy (non-hydrogen) atoms. The molecule has 0 atom stereocenters. The molecule has 0 aliphatic rings. The molecule has 0 aliphatic carbocycles. The molecule has 0 bridgehead atoms. The van der Waals surface area contributed by atoms with Crippen LogP contribution in [0.1, 0.15) is 6.92 Å². The highest BCUT2D eigenvalue weighted by Crippen LogP contribution is 2.05. The van der Waals surface area contributed by atoms with Gasteiger partial charge in [-0.25, -0.2) is 0 Å². The average molecular weight is 212 g/mol. The van der Waals surface area contributed by atoms with Crippen LogP contribution in [0.25, 0.3) is 0 Å². The molecule has 70 valence electrons. The van der Waals surface area contributed by atoms with Crippen LogP contribution >= 0.6 is 23.2 Å². The standard InChI is InChI=1S/C7H11Cl2NO2/c1-2-10(5-7(11)12)4-6(9)3-8/h3H,2,4-5H2,1H3,(H,11,12). The van der Waals surface area contributed by atoms with Crippen molar-refractivity contribution in [2.24, 2.45) is 0 Å². The molecule has 0 rings (SSSR count). The molecule has 0 amide bonds. The Labute approximate surface area is 81.6 Å². The van der Waals surface area contributed by atoms with E-state index in [1.807, 2.05) is 6.92 Å². The van der Waals surface area contributed by atoms with Gasteiger partial charge in [-0.05, 0) is 6.54 Å². The summed E-state index contributed by atoms with van der Waals surface area (Å²) in [7, 11) is 0. The Kier molecular flexibility index (Phi) is 6.16. The molecular weight excluding hydrogens is 201 g/mol. The van der Waals surface area contributed by atoms with E-state index in [9.17, 15) is 4.79 Å². The molecule has 0 heterocycles. The van der Waals surface area contributed by atoms with Crippen molar-refractivity contribution in [3.63, 3.8) is 0 Å². The van der Waals surface area contributed by atoms with Crippen molar-refractivity contribution in [3.8, 4) is 0 Å². The van der Waals surface area contributed by atoms with Gasteiger partial charge in [0, 0.05) is 17.1 Å². The summed E-state index contributed by atoms with van der Waals surface area (Å²) in [4.78, 5) is 12.0. The van der Waals surface area contributed by atoms with Gasteiger partial charge in [0.15, 0.2) is 0 Å². The third-order valence-corrected chi connectivity index (χ3v) is 1.90. The zero-order valence-electron chi connectivity index (χ0n) is 6.76. The number of aliphatic carboxylic acids is 1. The second kappa shape index (κ2) is 6.29. The Balaban J connectivity index is 3.91. The van der Waals surface area contributed by atoms with Crippen molar-refractivity contribution < 1.29 is 9.90 Å². The van der Waals surface area contributed by atoms with Crippen LogP contribution < -0.4 is 0 Å². The SMILES string of the molecule is CCN(CC(=O)O)CC(Cl)=CCl. The number of carboxylic acids is 1. The third kappa shape index (κ3) is 5.41. The largest absolute Gasteiger partial charge is 0.480 e. The van der Waals surface area contributed by atoms with Gasteiger partial charge in [-0.15, -0.1) is 0 Å². The molecule has 0 saturated carbocycles. The lowest BCUT2D eigenvalue weighted by atomic mass is 10.4. The van der Waals surface area contributed by atoms with E-state index in [4.69, 9.17) is 28.3 Å². The molecule has 0 saturated heterocycles. The van der Waals surface area contributed by atoms with E-state index in [1.165, 1.54) is 5.54 Å². The zero-order valence-corrected chi connectivity index (χ0v) is 8.27. The van der Waals surface area contributed by atoms with E-state index in [0.29, 0.717) is 18.1 Å². The molecule has 0 spiro atoms. The maximum atomic E-state index is 10.3. The van der Waals surface area contributed by atoms with Gasteiger partial charge in [-0.2, -0.15) is 0 Å². The highest BCUT2D eigenvalue weighted by Gasteiger charge is 2.07. The Morgan fingerprint density at radius 1 is 1.58 bits per heavy atom. The van der Waals surface area contributed by atoms with Crippen LogP contribution in [-0.4, -0.2) is 35.6 Å². The van der Waals surface area contributed by atoms with Gasteiger partial charge in [-0.3, -0.25) is 9.69 Å². The summed E-state index contributed by atoms with van der Waals surface area (Å²) in [5.41, 5.74) is 1.24. The first-order chi connectivity index (χ1) is 5.60. The fourth-order valence-electron chi connectivity index (χ4n) is 0.719. The van der Waals surface area contributed by atoms with Gasteiger partial charge in [0.2, 0.25) is 0 Å². The minimum atomic E-state index is -0.865. The van der Waals surface area contributed by atoms with Crippen molar-refractivity contribution >= 4 is 29.2 Å². The van der Waals surface area contributed by atoms with Crippen LogP contribution in [0.3, 0.4) is 0 Å². The van der Waals surface area contributed by atoms with Gasteiger partial charge in [0.1, 0.15) is 0 Å². The summed E-state index contributed by atoms with van der Waals surface area (Å²) in [6, 6.07) is 0. The summed E-state index contributed by atoms with van der Waals surface area (Å²) in [6.45, 7) is 2.86. The van der Waals surface area contributed by atoms with E-state index < -0.39 is 5.97 Å². The molecule has 0 unspecified atom stereocenters. The smallest absolute Gasteiger partial charge is 0.317 e. The molecule has 0 fully saturated rings. The van der Waals surface area contributed by atoms with Crippen LogP contribution in [0.15, 0.2) is 10.6 Å². The third-order valence-electron chi connectivity index (χ3n) is 1.30. The van der Waals surface area contributed by atoms with Crippen LogP contribution in [0, 0.1) is 0 Å². The summed E-state index contributed by atoms with van der Waals surface area (Å²) >= 11 is 10.9. The molecule has 0 aromatic heterocycles. The van der Waals surface area contributed by atoms with Crippen LogP contribution in [0.4, 0.5) is 0 Å². The molecule has 0 aliphatic heterocycles. The van der Waals surface area contributed by atoms with Crippen molar-refractivity contribution in [2.45, 2.75) is 6.92 Å². The first-order valence-corrected chi connectivity index (χ1v) is 4.30. The lowest BCUT2D eigenvalue weighted by molar-refractivity contribution is -0.138. The molecule has 0 aromatic rings. The van der Waals surface area contributed by atoms with Crippen LogP contribution in [0.5, 0.6) is 0 Å². The first-order valence-electron chi connectivity index (χ1n) is 3.49. The van der Waals surface area contributed by atoms with E-state index >= 15 is 0 Å². The maximum absolute atomic E-state index is 10.3. The number of hydrogen-bond acceptors (Lipinski definition) is 2. The van der Waals surface area contributed by atoms with E-state index in [0.717, 1.165) is 0 Å². The fraction of sp³-hybridized carbons (Fsp3) is 0.571. The summed E-state index contributed by atoms with van der Waals surface area (Å²) < 4.78 is 0. The number of carbonyl (C=O) groups is 1. The Hall–Kier alpha value is -0.250. The number of rotatable bonds is 5. The molecule has 3 nitrogen and oxygen atoms in total. The van der Waals surface area contributed by atoms with E-state index in [2.05, 4.69) is 0 Å². The normalized spacial score (nSPS) is 12.2. The monoisotopic (exact) mass is 211 g/mol. The van der Waals surface area contributed by atoms with E-state index in [-0.39, 0.29) is 6.54 Å². The summed E-state index contributed by atoms with van der Waals surface area (Å²) in [6.07, 6.45) is 0. The highest BCUT2D eigenvalue weighted by molar-refractivity contribution is 6.36. The Morgan fingerprint density at radius 3 is 2.50 bits per heavy atom. The van der Waals surface area contributed by atoms with Gasteiger partial charge >= 0.3 is 5.97 Å². The number of hydrogen-bond donors (Lipinski definition) is 1. The molecule has 0 radical (unpaired) electrons. The highest BCUT2D eigenvalue weighted by atomic mass is 35.5. The topological polar surface area (TPSA) is 40.5 Å². The minimum Gasteiger partial charge on any atom is -0.480 e. The number of likely N-dealkylation sites (N-methyl/N-ethyl adjacent to an activating group) is 1.